The van der Waals surface area contributed by atoms with Crippen molar-refractivity contribution in [3.05, 3.63) is 69.2 Å². The van der Waals surface area contributed by atoms with E-state index >= 15 is 0 Å². The summed E-state index contributed by atoms with van der Waals surface area (Å²) in [5.74, 6) is -0.290. The molecule has 0 aliphatic heterocycles. The maximum Gasteiger partial charge on any atom is 0.199 e. The first-order chi connectivity index (χ1) is 9.00. The Morgan fingerprint density at radius 1 is 1.00 bits per heavy atom. The van der Waals surface area contributed by atoms with Gasteiger partial charge in [0.15, 0.2) is 11.4 Å². The molecule has 19 heavy (non-hydrogen) atoms. The average Bonchev–Trinajstić information content (AvgIpc) is 2.63. The highest BCUT2D eigenvalue weighted by atomic mass is 35.5. The zero-order chi connectivity index (χ0) is 13.6. The van der Waals surface area contributed by atoms with Gasteiger partial charge in [0.2, 0.25) is 0 Å². The van der Waals surface area contributed by atoms with Crippen LogP contribution in [0.4, 0.5) is 0 Å². The number of hydrogen-bond acceptors (Lipinski definition) is 2. The fraction of sp³-hybridized carbons (Fsp3) is 0.133. The number of fused-ring (bicyclic) bond motifs is 1. The van der Waals surface area contributed by atoms with E-state index in [0.717, 1.165) is 5.56 Å². The van der Waals surface area contributed by atoms with E-state index in [4.69, 9.17) is 23.2 Å². The van der Waals surface area contributed by atoms with Crippen molar-refractivity contribution in [2.45, 2.75) is 12.0 Å². The molecule has 0 saturated carbocycles. The second kappa shape index (κ2) is 4.34. The zero-order valence-corrected chi connectivity index (χ0v) is 11.4. The van der Waals surface area contributed by atoms with Crippen molar-refractivity contribution in [1.82, 2.24) is 0 Å². The summed E-state index contributed by atoms with van der Waals surface area (Å²) >= 11 is 11.7. The SMILES string of the molecule is O=C1c2ccc(Cl)cc2CC1(O)c1ccc(Cl)cc1. The number of halogens is 2. The lowest BCUT2D eigenvalue weighted by Crippen LogP contribution is -2.32. The van der Waals surface area contributed by atoms with Gasteiger partial charge in [0.05, 0.1) is 0 Å². The monoisotopic (exact) mass is 292 g/mol. The first-order valence-corrected chi connectivity index (χ1v) is 6.58. The van der Waals surface area contributed by atoms with Gasteiger partial charge < -0.3 is 5.11 Å². The molecule has 0 spiro atoms. The largest absolute Gasteiger partial charge is 0.377 e. The Morgan fingerprint density at radius 3 is 2.32 bits per heavy atom. The molecule has 1 N–H and O–H groups in total. The van der Waals surface area contributed by atoms with Gasteiger partial charge in [0.1, 0.15) is 0 Å². The third kappa shape index (κ3) is 1.96. The van der Waals surface area contributed by atoms with Crippen LogP contribution >= 0.6 is 23.2 Å². The summed E-state index contributed by atoms with van der Waals surface area (Å²) in [6.45, 7) is 0. The van der Waals surface area contributed by atoms with Gasteiger partial charge in [-0.25, -0.2) is 0 Å². The average molecular weight is 293 g/mol. The van der Waals surface area contributed by atoms with Crippen LogP contribution in [0.25, 0.3) is 0 Å². The van der Waals surface area contributed by atoms with Crippen LogP contribution in [0.3, 0.4) is 0 Å². The fourth-order valence-corrected chi connectivity index (χ4v) is 2.79. The molecular formula is C15H10Cl2O2. The smallest absolute Gasteiger partial charge is 0.199 e. The van der Waals surface area contributed by atoms with E-state index in [1.165, 1.54) is 0 Å². The highest BCUT2D eigenvalue weighted by Crippen LogP contribution is 2.38. The van der Waals surface area contributed by atoms with Crippen molar-refractivity contribution in [1.29, 1.82) is 0 Å². The van der Waals surface area contributed by atoms with Crippen LogP contribution in [0.5, 0.6) is 0 Å². The predicted molar refractivity (Wildman–Crippen MR) is 74.8 cm³/mol. The molecule has 0 aromatic heterocycles. The van der Waals surface area contributed by atoms with Gasteiger partial charge in [-0.1, -0.05) is 35.3 Å². The summed E-state index contributed by atoms with van der Waals surface area (Å²) in [5.41, 5.74) is 0.337. The van der Waals surface area contributed by atoms with Crippen LogP contribution < -0.4 is 0 Å². The standard InChI is InChI=1S/C15H10Cl2O2/c16-11-3-1-10(2-4-11)15(19)8-9-7-12(17)5-6-13(9)14(15)18/h1-7,19H,8H2. The van der Waals surface area contributed by atoms with E-state index in [0.29, 0.717) is 21.2 Å². The molecule has 0 fully saturated rings. The van der Waals surface area contributed by atoms with Gasteiger partial charge in [-0.15, -0.1) is 0 Å². The van der Waals surface area contributed by atoms with E-state index in [1.54, 1.807) is 42.5 Å². The molecule has 0 heterocycles. The first kappa shape index (κ1) is 12.7. The van der Waals surface area contributed by atoms with E-state index in [1.807, 2.05) is 0 Å². The van der Waals surface area contributed by atoms with Gasteiger partial charge in [0.25, 0.3) is 0 Å². The summed E-state index contributed by atoms with van der Waals surface area (Å²) in [6, 6.07) is 11.7. The Kier molecular flexibility index (Phi) is 2.90. The maximum atomic E-state index is 12.4. The molecule has 0 radical (unpaired) electrons. The van der Waals surface area contributed by atoms with Crippen molar-refractivity contribution < 1.29 is 9.90 Å². The molecule has 96 valence electrons. The van der Waals surface area contributed by atoms with Crippen LogP contribution in [0.2, 0.25) is 10.0 Å². The van der Waals surface area contributed by atoms with Crippen molar-refractivity contribution in [3.8, 4) is 0 Å². The number of Topliss-reactive ketones (excluding diaryl/α,β-unsaturated/α-hetero) is 1. The minimum absolute atomic E-state index is 0.239. The summed E-state index contributed by atoms with van der Waals surface area (Å²) in [6.07, 6.45) is 0.239. The summed E-state index contributed by atoms with van der Waals surface area (Å²) in [7, 11) is 0. The van der Waals surface area contributed by atoms with Crippen LogP contribution in [-0.2, 0) is 12.0 Å². The topological polar surface area (TPSA) is 37.3 Å². The molecule has 0 saturated heterocycles. The van der Waals surface area contributed by atoms with Gasteiger partial charge >= 0.3 is 0 Å². The van der Waals surface area contributed by atoms with Gasteiger partial charge in [-0.2, -0.15) is 0 Å². The third-order valence-corrected chi connectivity index (χ3v) is 3.94. The van der Waals surface area contributed by atoms with E-state index in [9.17, 15) is 9.90 Å². The molecule has 2 aromatic rings. The number of carbonyl (C=O) groups is 1. The Morgan fingerprint density at radius 2 is 1.63 bits per heavy atom. The Hall–Kier alpha value is -1.35. The molecule has 0 amide bonds. The quantitative estimate of drug-likeness (QED) is 0.872. The second-order valence-corrected chi connectivity index (χ2v) is 5.55. The Balaban J connectivity index is 2.09. The number of rotatable bonds is 1. The fourth-order valence-electron chi connectivity index (χ4n) is 2.47. The molecule has 1 atom stereocenters. The number of aliphatic hydroxyl groups is 1. The van der Waals surface area contributed by atoms with Gasteiger partial charge in [-0.3, -0.25) is 4.79 Å². The highest BCUT2D eigenvalue weighted by Gasteiger charge is 2.45. The number of benzene rings is 2. The lowest BCUT2D eigenvalue weighted by Gasteiger charge is -2.21. The predicted octanol–water partition coefficient (Wildman–Crippen LogP) is 3.62. The van der Waals surface area contributed by atoms with Crippen molar-refractivity contribution >= 4 is 29.0 Å². The first-order valence-electron chi connectivity index (χ1n) is 5.82. The van der Waals surface area contributed by atoms with Crippen LogP contribution in [0.1, 0.15) is 21.5 Å². The summed E-state index contributed by atoms with van der Waals surface area (Å²) in [5, 5.41) is 11.8. The molecular weight excluding hydrogens is 283 g/mol. The van der Waals surface area contributed by atoms with Gasteiger partial charge in [-0.05, 0) is 41.5 Å². The Labute approximate surface area is 120 Å². The third-order valence-electron chi connectivity index (χ3n) is 3.46. The molecule has 2 aromatic carbocycles. The van der Waals surface area contributed by atoms with E-state index < -0.39 is 5.60 Å². The summed E-state index contributed by atoms with van der Waals surface area (Å²) < 4.78 is 0. The zero-order valence-electron chi connectivity index (χ0n) is 9.86. The van der Waals surface area contributed by atoms with Crippen LogP contribution in [0.15, 0.2) is 42.5 Å². The normalized spacial score (nSPS) is 21.5. The lowest BCUT2D eigenvalue weighted by atomic mass is 9.90. The second-order valence-electron chi connectivity index (χ2n) is 4.67. The summed E-state index contributed by atoms with van der Waals surface area (Å²) in [4.78, 5) is 12.4. The molecule has 4 heteroatoms. The molecule has 3 rings (SSSR count). The van der Waals surface area contributed by atoms with Crippen LogP contribution in [-0.4, -0.2) is 10.9 Å². The van der Waals surface area contributed by atoms with Gasteiger partial charge in [0, 0.05) is 22.0 Å². The molecule has 0 bridgehead atoms. The van der Waals surface area contributed by atoms with E-state index in [-0.39, 0.29) is 12.2 Å². The minimum atomic E-state index is -1.52. The number of carbonyl (C=O) groups excluding carboxylic acids is 1. The maximum absolute atomic E-state index is 12.4. The van der Waals surface area contributed by atoms with E-state index in [2.05, 4.69) is 0 Å². The van der Waals surface area contributed by atoms with Crippen molar-refractivity contribution in [3.63, 3.8) is 0 Å². The van der Waals surface area contributed by atoms with Crippen molar-refractivity contribution in [2.24, 2.45) is 0 Å². The molecule has 2 nitrogen and oxygen atoms in total. The molecule has 1 unspecified atom stereocenters. The number of ketones is 1. The molecule has 1 aliphatic carbocycles. The molecule has 1 aliphatic rings. The number of hydrogen-bond donors (Lipinski definition) is 1. The lowest BCUT2D eigenvalue weighted by molar-refractivity contribution is 0.0355. The highest BCUT2D eigenvalue weighted by molar-refractivity contribution is 6.31. The Bertz CT molecular complexity index is 664. The van der Waals surface area contributed by atoms with Crippen LogP contribution in [0, 0.1) is 0 Å². The minimum Gasteiger partial charge on any atom is -0.377 e. The van der Waals surface area contributed by atoms with Crippen molar-refractivity contribution in [2.75, 3.05) is 0 Å².